The van der Waals surface area contributed by atoms with Crippen molar-refractivity contribution in [1.82, 2.24) is 4.90 Å². The van der Waals surface area contributed by atoms with Crippen molar-refractivity contribution in [3.05, 3.63) is 34.1 Å². The van der Waals surface area contributed by atoms with E-state index >= 15 is 0 Å². The maximum absolute atomic E-state index is 13.2. The SMILES string of the molecule is CCC(C)N(CCOC)C(CN)c1ccc(F)cc1Br. The molecular weight excluding hydrogens is 323 g/mol. The Morgan fingerprint density at radius 1 is 1.45 bits per heavy atom. The molecule has 0 amide bonds. The molecule has 0 aliphatic carbocycles. The molecule has 0 fully saturated rings. The van der Waals surface area contributed by atoms with Crippen LogP contribution in [0.5, 0.6) is 0 Å². The molecular formula is C15H24BrFN2O. The van der Waals surface area contributed by atoms with E-state index in [9.17, 15) is 4.39 Å². The summed E-state index contributed by atoms with van der Waals surface area (Å²) in [5.74, 6) is -0.247. The zero-order valence-corrected chi connectivity index (χ0v) is 14.0. The summed E-state index contributed by atoms with van der Waals surface area (Å²) in [4.78, 5) is 2.32. The molecule has 0 aliphatic rings. The highest BCUT2D eigenvalue weighted by molar-refractivity contribution is 9.10. The van der Waals surface area contributed by atoms with E-state index in [1.54, 1.807) is 13.2 Å². The second-order valence-corrected chi connectivity index (χ2v) is 5.76. The van der Waals surface area contributed by atoms with Gasteiger partial charge in [0.15, 0.2) is 0 Å². The first kappa shape index (κ1) is 17.6. The van der Waals surface area contributed by atoms with Crippen molar-refractivity contribution in [2.45, 2.75) is 32.4 Å². The average molecular weight is 347 g/mol. The molecule has 2 unspecified atom stereocenters. The van der Waals surface area contributed by atoms with E-state index in [2.05, 4.69) is 34.7 Å². The minimum Gasteiger partial charge on any atom is -0.383 e. The molecule has 0 radical (unpaired) electrons. The fourth-order valence-corrected chi connectivity index (χ4v) is 2.94. The molecule has 2 atom stereocenters. The molecule has 1 aromatic carbocycles. The molecule has 2 N–H and O–H groups in total. The largest absolute Gasteiger partial charge is 0.383 e. The minimum absolute atomic E-state index is 0.0510. The van der Waals surface area contributed by atoms with E-state index in [4.69, 9.17) is 10.5 Å². The lowest BCUT2D eigenvalue weighted by Crippen LogP contribution is -2.41. The highest BCUT2D eigenvalue weighted by Crippen LogP contribution is 2.29. The van der Waals surface area contributed by atoms with Crippen molar-refractivity contribution in [2.24, 2.45) is 5.73 Å². The van der Waals surface area contributed by atoms with Crippen molar-refractivity contribution >= 4 is 15.9 Å². The molecule has 0 saturated carbocycles. The van der Waals surface area contributed by atoms with Gasteiger partial charge >= 0.3 is 0 Å². The number of nitrogens with two attached hydrogens (primary N) is 1. The van der Waals surface area contributed by atoms with Gasteiger partial charge in [-0.15, -0.1) is 0 Å². The summed E-state index contributed by atoms with van der Waals surface area (Å²) in [7, 11) is 1.69. The fourth-order valence-electron chi connectivity index (χ4n) is 2.33. The van der Waals surface area contributed by atoms with Gasteiger partial charge in [0.25, 0.3) is 0 Å². The van der Waals surface area contributed by atoms with Gasteiger partial charge in [-0.3, -0.25) is 4.90 Å². The summed E-state index contributed by atoms with van der Waals surface area (Å²) < 4.78 is 19.2. The maximum Gasteiger partial charge on any atom is 0.124 e. The van der Waals surface area contributed by atoms with Gasteiger partial charge in [-0.2, -0.15) is 0 Å². The van der Waals surface area contributed by atoms with Crippen molar-refractivity contribution in [1.29, 1.82) is 0 Å². The molecule has 1 rings (SSSR count). The van der Waals surface area contributed by atoms with Crippen LogP contribution in [0.15, 0.2) is 22.7 Å². The Morgan fingerprint density at radius 2 is 2.15 bits per heavy atom. The van der Waals surface area contributed by atoms with Crippen LogP contribution in [0.3, 0.4) is 0 Å². The van der Waals surface area contributed by atoms with Crippen LogP contribution in [0.1, 0.15) is 31.9 Å². The Labute approximate surface area is 129 Å². The van der Waals surface area contributed by atoms with Crippen molar-refractivity contribution in [3.63, 3.8) is 0 Å². The zero-order chi connectivity index (χ0) is 15.1. The zero-order valence-electron chi connectivity index (χ0n) is 12.4. The number of hydrogen-bond acceptors (Lipinski definition) is 3. The third-order valence-corrected chi connectivity index (χ3v) is 4.34. The quantitative estimate of drug-likeness (QED) is 0.784. The van der Waals surface area contributed by atoms with Crippen LogP contribution in [0.25, 0.3) is 0 Å². The number of hydrogen-bond donors (Lipinski definition) is 1. The van der Waals surface area contributed by atoms with Gasteiger partial charge in [0.2, 0.25) is 0 Å². The third kappa shape index (κ3) is 4.52. The van der Waals surface area contributed by atoms with Crippen LogP contribution >= 0.6 is 15.9 Å². The first-order chi connectivity index (χ1) is 9.54. The Balaban J connectivity index is 3.04. The van der Waals surface area contributed by atoms with Gasteiger partial charge in [0, 0.05) is 36.8 Å². The Kier molecular flexibility index (Phi) is 7.66. The van der Waals surface area contributed by atoms with Gasteiger partial charge < -0.3 is 10.5 Å². The summed E-state index contributed by atoms with van der Waals surface area (Å²) in [5, 5.41) is 0. The number of halogens is 2. The highest BCUT2D eigenvalue weighted by atomic mass is 79.9. The molecule has 0 spiro atoms. The maximum atomic E-state index is 13.2. The topological polar surface area (TPSA) is 38.5 Å². The number of ether oxygens (including phenoxy) is 1. The summed E-state index contributed by atoms with van der Waals surface area (Å²) >= 11 is 3.44. The van der Waals surface area contributed by atoms with Gasteiger partial charge in [-0.1, -0.05) is 28.9 Å². The Morgan fingerprint density at radius 3 is 2.65 bits per heavy atom. The van der Waals surface area contributed by atoms with Gasteiger partial charge in [0.05, 0.1) is 6.61 Å². The third-order valence-electron chi connectivity index (χ3n) is 3.66. The summed E-state index contributed by atoms with van der Waals surface area (Å²) in [6.45, 7) is 6.27. The number of nitrogens with zero attached hydrogens (tertiary/aromatic N) is 1. The highest BCUT2D eigenvalue weighted by Gasteiger charge is 2.24. The Hall–Kier alpha value is -0.490. The first-order valence-corrected chi connectivity index (χ1v) is 7.74. The smallest absolute Gasteiger partial charge is 0.124 e. The second-order valence-electron chi connectivity index (χ2n) is 4.91. The molecule has 0 aromatic heterocycles. The molecule has 0 heterocycles. The fraction of sp³-hybridized carbons (Fsp3) is 0.600. The van der Waals surface area contributed by atoms with Crippen LogP contribution in [-0.4, -0.2) is 37.7 Å². The van der Waals surface area contributed by atoms with Crippen LogP contribution in [-0.2, 0) is 4.74 Å². The molecule has 0 aliphatic heterocycles. The van der Waals surface area contributed by atoms with E-state index in [0.29, 0.717) is 19.2 Å². The van der Waals surface area contributed by atoms with E-state index in [-0.39, 0.29) is 11.9 Å². The van der Waals surface area contributed by atoms with Crippen molar-refractivity contribution < 1.29 is 9.13 Å². The summed E-state index contributed by atoms with van der Waals surface area (Å²) in [5.41, 5.74) is 7.00. The van der Waals surface area contributed by atoms with Crippen LogP contribution < -0.4 is 5.73 Å². The molecule has 20 heavy (non-hydrogen) atoms. The molecule has 0 bridgehead atoms. The van der Waals surface area contributed by atoms with Crippen molar-refractivity contribution in [3.8, 4) is 0 Å². The van der Waals surface area contributed by atoms with E-state index in [0.717, 1.165) is 23.0 Å². The van der Waals surface area contributed by atoms with E-state index in [1.165, 1.54) is 12.1 Å². The number of methoxy groups -OCH3 is 1. The van der Waals surface area contributed by atoms with Crippen LogP contribution in [0.2, 0.25) is 0 Å². The average Bonchev–Trinajstić information content (AvgIpc) is 2.44. The molecule has 3 nitrogen and oxygen atoms in total. The lowest BCUT2D eigenvalue weighted by Gasteiger charge is -2.36. The van der Waals surface area contributed by atoms with Gasteiger partial charge in [-0.25, -0.2) is 4.39 Å². The first-order valence-electron chi connectivity index (χ1n) is 6.94. The summed E-state index contributed by atoms with van der Waals surface area (Å²) in [6.07, 6.45) is 1.03. The van der Waals surface area contributed by atoms with Gasteiger partial charge in [-0.05, 0) is 31.0 Å². The number of benzene rings is 1. The second kappa shape index (κ2) is 8.72. The lowest BCUT2D eigenvalue weighted by atomic mass is 10.0. The van der Waals surface area contributed by atoms with Crippen LogP contribution in [0.4, 0.5) is 4.39 Å². The Bertz CT molecular complexity index is 417. The van der Waals surface area contributed by atoms with Crippen molar-refractivity contribution in [2.75, 3.05) is 26.8 Å². The lowest BCUT2D eigenvalue weighted by molar-refractivity contribution is 0.0900. The van der Waals surface area contributed by atoms with Crippen LogP contribution in [0, 0.1) is 5.82 Å². The molecule has 5 heteroatoms. The van der Waals surface area contributed by atoms with Gasteiger partial charge in [0.1, 0.15) is 5.82 Å². The predicted molar refractivity (Wildman–Crippen MR) is 84.2 cm³/mol. The molecule has 114 valence electrons. The normalized spacial score (nSPS) is 14.6. The summed E-state index contributed by atoms with van der Waals surface area (Å²) in [6, 6.07) is 5.21. The predicted octanol–water partition coefficient (Wildman–Crippen LogP) is 3.33. The standard InChI is InChI=1S/C15H24BrFN2O/c1-4-11(2)19(7-8-20-3)15(10-18)13-6-5-12(17)9-14(13)16/h5-6,9,11,15H,4,7-8,10,18H2,1-3H3. The molecule has 0 saturated heterocycles. The van der Waals surface area contributed by atoms with E-state index in [1.807, 2.05) is 0 Å². The number of rotatable bonds is 8. The minimum atomic E-state index is -0.247. The van der Waals surface area contributed by atoms with E-state index < -0.39 is 0 Å². The molecule has 1 aromatic rings. The monoisotopic (exact) mass is 346 g/mol.